The molecule has 0 saturated carbocycles. The maximum absolute atomic E-state index is 13.2. The number of amides is 2. The van der Waals surface area contributed by atoms with E-state index < -0.39 is 33.9 Å². The Balaban J connectivity index is 1.30. The van der Waals surface area contributed by atoms with Crippen molar-refractivity contribution in [2.45, 2.75) is 42.7 Å². The van der Waals surface area contributed by atoms with E-state index >= 15 is 0 Å². The first-order valence-electron chi connectivity index (χ1n) is 12.1. The largest absolute Gasteiger partial charge is 0.416 e. The van der Waals surface area contributed by atoms with Crippen LogP contribution in [-0.2, 0) is 32.2 Å². The highest BCUT2D eigenvalue weighted by Crippen LogP contribution is 2.34. The molecule has 3 atom stereocenters. The van der Waals surface area contributed by atoms with E-state index in [1.54, 1.807) is 0 Å². The van der Waals surface area contributed by atoms with Crippen LogP contribution in [0.1, 0.15) is 34.3 Å². The molecule has 2 heterocycles. The standard InChI is InChI=1S/C26H28F3N3O5S/c1-2-23(33)31-24-15-19-12-14-32(16-22(19)37-24)38(35,36)21-9-5-18(6-10-21)25(34)30-13-11-17-3-7-20(8-4-17)26(27,28)29/h2-10,19,22,24H,1,11-16H2,(H,30,34)(H,31,33). The molecule has 204 valence electrons. The van der Waals surface area contributed by atoms with E-state index in [-0.39, 0.29) is 41.5 Å². The van der Waals surface area contributed by atoms with Crippen molar-refractivity contribution in [2.24, 2.45) is 5.92 Å². The molecule has 3 unspecified atom stereocenters. The Bertz CT molecular complexity index is 1280. The summed E-state index contributed by atoms with van der Waals surface area (Å²) in [5, 5.41) is 5.38. The molecule has 2 saturated heterocycles. The van der Waals surface area contributed by atoms with E-state index in [2.05, 4.69) is 17.2 Å². The topological polar surface area (TPSA) is 105 Å². The molecular weight excluding hydrogens is 523 g/mol. The molecule has 2 aliphatic heterocycles. The molecule has 38 heavy (non-hydrogen) atoms. The van der Waals surface area contributed by atoms with Crippen molar-refractivity contribution in [1.29, 1.82) is 0 Å². The highest BCUT2D eigenvalue weighted by molar-refractivity contribution is 7.89. The van der Waals surface area contributed by atoms with Gasteiger partial charge in [0.2, 0.25) is 15.9 Å². The van der Waals surface area contributed by atoms with Crippen LogP contribution in [0.15, 0.2) is 66.1 Å². The van der Waals surface area contributed by atoms with Crippen molar-refractivity contribution < 1.29 is 35.9 Å². The second kappa shape index (κ2) is 11.3. The molecule has 12 heteroatoms. The highest BCUT2D eigenvalue weighted by Gasteiger charge is 2.42. The molecule has 2 N–H and O–H groups in total. The van der Waals surface area contributed by atoms with E-state index in [9.17, 15) is 31.2 Å². The summed E-state index contributed by atoms with van der Waals surface area (Å²) in [7, 11) is -3.82. The summed E-state index contributed by atoms with van der Waals surface area (Å²) in [6.45, 7) is 4.10. The van der Waals surface area contributed by atoms with Crippen molar-refractivity contribution in [3.05, 3.63) is 77.9 Å². The van der Waals surface area contributed by atoms with Crippen molar-refractivity contribution in [3.63, 3.8) is 0 Å². The molecule has 2 fully saturated rings. The van der Waals surface area contributed by atoms with Gasteiger partial charge in [-0.05, 0) is 73.2 Å². The Morgan fingerprint density at radius 1 is 1.11 bits per heavy atom. The predicted octanol–water partition coefficient (Wildman–Crippen LogP) is 3.11. The van der Waals surface area contributed by atoms with Crippen LogP contribution >= 0.6 is 0 Å². The van der Waals surface area contributed by atoms with Gasteiger partial charge in [0.25, 0.3) is 5.91 Å². The van der Waals surface area contributed by atoms with Crippen LogP contribution in [0, 0.1) is 5.92 Å². The number of nitrogens with one attached hydrogen (secondary N) is 2. The lowest BCUT2D eigenvalue weighted by Crippen LogP contribution is -2.45. The first-order valence-corrected chi connectivity index (χ1v) is 13.5. The van der Waals surface area contributed by atoms with Gasteiger partial charge in [0.1, 0.15) is 6.23 Å². The minimum absolute atomic E-state index is 0.0479. The van der Waals surface area contributed by atoms with Gasteiger partial charge in [-0.25, -0.2) is 8.42 Å². The number of hydrogen-bond donors (Lipinski definition) is 2. The van der Waals surface area contributed by atoms with Crippen LogP contribution < -0.4 is 10.6 Å². The Morgan fingerprint density at radius 2 is 1.79 bits per heavy atom. The number of carbonyl (C=O) groups excluding carboxylic acids is 2. The first-order chi connectivity index (χ1) is 18.0. The number of piperidine rings is 1. The van der Waals surface area contributed by atoms with Gasteiger partial charge in [-0.2, -0.15) is 17.5 Å². The fraction of sp³-hybridized carbons (Fsp3) is 0.385. The normalized spacial score (nSPS) is 21.9. The number of fused-ring (bicyclic) bond motifs is 1. The van der Waals surface area contributed by atoms with E-state index in [4.69, 9.17) is 4.74 Å². The number of ether oxygens (including phenoxy) is 1. The van der Waals surface area contributed by atoms with Crippen LogP contribution in [0.5, 0.6) is 0 Å². The molecule has 2 aromatic carbocycles. The summed E-state index contributed by atoms with van der Waals surface area (Å²) in [5.41, 5.74) is 0.167. The van der Waals surface area contributed by atoms with Gasteiger partial charge in [-0.15, -0.1) is 0 Å². The summed E-state index contributed by atoms with van der Waals surface area (Å²) in [4.78, 5) is 24.1. The number of halogens is 3. The summed E-state index contributed by atoms with van der Waals surface area (Å²) in [6, 6.07) is 10.3. The van der Waals surface area contributed by atoms with Crippen LogP contribution in [0.4, 0.5) is 13.2 Å². The molecule has 2 aliphatic rings. The van der Waals surface area contributed by atoms with Crippen molar-refractivity contribution >= 4 is 21.8 Å². The summed E-state index contributed by atoms with van der Waals surface area (Å²) >= 11 is 0. The lowest BCUT2D eigenvalue weighted by atomic mass is 9.94. The van der Waals surface area contributed by atoms with Crippen molar-refractivity contribution in [2.75, 3.05) is 19.6 Å². The number of hydrogen-bond acceptors (Lipinski definition) is 5. The average molecular weight is 552 g/mol. The van der Waals surface area contributed by atoms with Crippen molar-refractivity contribution in [1.82, 2.24) is 14.9 Å². The van der Waals surface area contributed by atoms with E-state index in [0.29, 0.717) is 31.4 Å². The minimum Gasteiger partial charge on any atom is -0.354 e. The van der Waals surface area contributed by atoms with Gasteiger partial charge in [-0.3, -0.25) is 9.59 Å². The number of benzene rings is 2. The zero-order valence-corrected chi connectivity index (χ0v) is 21.2. The third-order valence-electron chi connectivity index (χ3n) is 6.74. The molecule has 2 aromatic rings. The predicted molar refractivity (Wildman–Crippen MR) is 132 cm³/mol. The van der Waals surface area contributed by atoms with Gasteiger partial charge in [0.05, 0.1) is 16.6 Å². The highest BCUT2D eigenvalue weighted by atomic mass is 32.2. The number of rotatable bonds is 8. The van der Waals surface area contributed by atoms with Gasteiger partial charge >= 0.3 is 6.18 Å². The molecule has 4 rings (SSSR count). The Labute approximate surface area is 218 Å². The molecule has 2 amide bonds. The maximum Gasteiger partial charge on any atom is 0.416 e. The Kier molecular flexibility index (Phi) is 8.24. The van der Waals surface area contributed by atoms with Crippen LogP contribution in [-0.4, -0.2) is 56.5 Å². The zero-order valence-electron chi connectivity index (χ0n) is 20.4. The lowest BCUT2D eigenvalue weighted by molar-refractivity contribution is -0.137. The third-order valence-corrected chi connectivity index (χ3v) is 8.62. The molecule has 0 spiro atoms. The third kappa shape index (κ3) is 6.43. The smallest absolute Gasteiger partial charge is 0.354 e. The molecule has 0 aliphatic carbocycles. The lowest BCUT2D eigenvalue weighted by Gasteiger charge is -2.33. The average Bonchev–Trinajstić information content (AvgIpc) is 3.30. The minimum atomic E-state index is -4.40. The summed E-state index contributed by atoms with van der Waals surface area (Å²) < 4.78 is 71.6. The maximum atomic E-state index is 13.2. The van der Waals surface area contributed by atoms with Crippen LogP contribution in [0.2, 0.25) is 0 Å². The van der Waals surface area contributed by atoms with Gasteiger partial charge < -0.3 is 15.4 Å². The number of alkyl halides is 3. The van der Waals surface area contributed by atoms with E-state index in [1.165, 1.54) is 40.7 Å². The summed E-state index contributed by atoms with van der Waals surface area (Å²) in [6.07, 6.45) is -2.50. The Morgan fingerprint density at radius 3 is 2.42 bits per heavy atom. The van der Waals surface area contributed by atoms with Gasteiger partial charge in [0.15, 0.2) is 0 Å². The number of nitrogens with zero attached hydrogens (tertiary/aromatic N) is 1. The molecule has 0 radical (unpaired) electrons. The Hall–Kier alpha value is -3.22. The zero-order chi connectivity index (χ0) is 27.5. The second-order valence-electron chi connectivity index (χ2n) is 9.25. The second-order valence-corrected chi connectivity index (χ2v) is 11.2. The number of sulfonamides is 1. The fourth-order valence-electron chi connectivity index (χ4n) is 4.64. The monoisotopic (exact) mass is 551 g/mol. The SMILES string of the molecule is C=CC(=O)NC1CC2CCN(S(=O)(=O)c3ccc(C(=O)NCCc4ccc(C(F)(F)F)cc4)cc3)CC2O1. The van der Waals surface area contributed by atoms with Gasteiger partial charge in [-0.1, -0.05) is 18.7 Å². The van der Waals surface area contributed by atoms with Crippen molar-refractivity contribution in [3.8, 4) is 0 Å². The van der Waals surface area contributed by atoms with Crippen LogP contribution in [0.3, 0.4) is 0 Å². The number of carbonyl (C=O) groups is 2. The summed E-state index contributed by atoms with van der Waals surface area (Å²) in [5.74, 6) is -0.624. The quantitative estimate of drug-likeness (QED) is 0.491. The molecule has 0 aromatic heterocycles. The van der Waals surface area contributed by atoms with E-state index in [0.717, 1.165) is 18.2 Å². The van der Waals surface area contributed by atoms with E-state index in [1.807, 2.05) is 0 Å². The first kappa shape index (κ1) is 27.8. The molecule has 8 nitrogen and oxygen atoms in total. The molecule has 0 bridgehead atoms. The van der Waals surface area contributed by atoms with Crippen LogP contribution in [0.25, 0.3) is 0 Å². The molecular formula is C26H28F3N3O5S. The van der Waals surface area contributed by atoms with Gasteiger partial charge in [0, 0.05) is 25.2 Å². The fourth-order valence-corrected chi connectivity index (χ4v) is 6.11.